The first-order valence-corrected chi connectivity index (χ1v) is 6.29. The second-order valence-electron chi connectivity index (χ2n) is 5.37. The number of rotatable bonds is 3. The fourth-order valence-corrected chi connectivity index (χ4v) is 2.79. The average molecular weight is 236 g/mol. The molecule has 1 saturated heterocycles. The van der Waals surface area contributed by atoms with Crippen LogP contribution >= 0.6 is 0 Å². The molecule has 3 rings (SSSR count). The van der Waals surface area contributed by atoms with Crippen molar-refractivity contribution in [2.45, 2.75) is 45.1 Å². The predicted octanol–water partition coefficient (Wildman–Crippen LogP) is 1.03. The first kappa shape index (κ1) is 10.7. The molecule has 3 fully saturated rings. The van der Waals surface area contributed by atoms with Gasteiger partial charge in [-0.2, -0.15) is 0 Å². The van der Waals surface area contributed by atoms with Gasteiger partial charge in [0.25, 0.3) is 0 Å². The van der Waals surface area contributed by atoms with Crippen LogP contribution in [0.1, 0.15) is 39.0 Å². The molecular formula is C12H16N2O3. The molecule has 2 atom stereocenters. The van der Waals surface area contributed by atoms with E-state index in [2.05, 4.69) is 12.2 Å². The molecule has 17 heavy (non-hydrogen) atoms. The highest BCUT2D eigenvalue weighted by Gasteiger charge is 2.64. The Balaban J connectivity index is 1.78. The van der Waals surface area contributed by atoms with Crippen LogP contribution in [0.3, 0.4) is 0 Å². The highest BCUT2D eigenvalue weighted by atomic mass is 16.2. The second kappa shape index (κ2) is 3.31. The van der Waals surface area contributed by atoms with Gasteiger partial charge in [0.15, 0.2) is 0 Å². The number of nitrogens with zero attached hydrogens (tertiary/aromatic N) is 1. The Morgan fingerprint density at radius 2 is 2.06 bits per heavy atom. The van der Waals surface area contributed by atoms with Gasteiger partial charge in [-0.05, 0) is 31.6 Å². The van der Waals surface area contributed by atoms with Crippen molar-refractivity contribution in [1.29, 1.82) is 0 Å². The largest absolute Gasteiger partial charge is 0.331 e. The second-order valence-corrected chi connectivity index (χ2v) is 5.37. The van der Waals surface area contributed by atoms with Crippen LogP contribution in [-0.2, 0) is 9.59 Å². The Labute approximate surface area is 99.5 Å². The average Bonchev–Trinajstić information content (AvgIpc) is 3.11. The highest BCUT2D eigenvalue weighted by Crippen LogP contribution is 2.52. The van der Waals surface area contributed by atoms with Gasteiger partial charge in [0.05, 0.1) is 0 Å². The van der Waals surface area contributed by atoms with Gasteiger partial charge in [-0.25, -0.2) is 4.79 Å². The zero-order valence-corrected chi connectivity index (χ0v) is 9.86. The molecule has 1 spiro atoms. The van der Waals surface area contributed by atoms with Crippen molar-refractivity contribution in [2.75, 3.05) is 0 Å². The molecule has 4 amide bonds. The summed E-state index contributed by atoms with van der Waals surface area (Å²) in [7, 11) is 0. The predicted molar refractivity (Wildman–Crippen MR) is 58.9 cm³/mol. The van der Waals surface area contributed by atoms with Crippen molar-refractivity contribution in [3.05, 3.63) is 0 Å². The number of carbonyl (C=O) groups is 3. The lowest BCUT2D eigenvalue weighted by Gasteiger charge is -2.30. The van der Waals surface area contributed by atoms with Crippen molar-refractivity contribution in [1.82, 2.24) is 10.2 Å². The monoisotopic (exact) mass is 236 g/mol. The lowest BCUT2D eigenvalue weighted by atomic mass is 10.0. The Bertz CT molecular complexity index is 414. The van der Waals surface area contributed by atoms with E-state index >= 15 is 0 Å². The summed E-state index contributed by atoms with van der Waals surface area (Å²) in [6, 6.07) is -0.478. The first-order chi connectivity index (χ1) is 8.10. The topological polar surface area (TPSA) is 66.5 Å². The molecule has 2 unspecified atom stereocenters. The maximum atomic E-state index is 12.2. The Morgan fingerprint density at radius 1 is 1.35 bits per heavy atom. The highest BCUT2D eigenvalue weighted by molar-refractivity contribution is 6.21. The lowest BCUT2D eigenvalue weighted by Crippen LogP contribution is -2.60. The fourth-order valence-electron chi connectivity index (χ4n) is 2.79. The molecule has 2 aliphatic carbocycles. The first-order valence-electron chi connectivity index (χ1n) is 6.29. The molecule has 3 aliphatic rings. The van der Waals surface area contributed by atoms with Crippen LogP contribution in [0.15, 0.2) is 0 Å². The van der Waals surface area contributed by atoms with Crippen molar-refractivity contribution >= 4 is 17.8 Å². The van der Waals surface area contributed by atoms with Crippen LogP contribution in [0.25, 0.3) is 0 Å². The van der Waals surface area contributed by atoms with Gasteiger partial charge < -0.3 is 0 Å². The molecule has 1 N–H and O–H groups in total. The van der Waals surface area contributed by atoms with Gasteiger partial charge >= 0.3 is 6.03 Å². The van der Waals surface area contributed by atoms with Gasteiger partial charge in [-0.1, -0.05) is 13.3 Å². The molecule has 0 aromatic rings. The summed E-state index contributed by atoms with van der Waals surface area (Å²) in [4.78, 5) is 36.9. The maximum Gasteiger partial charge on any atom is 0.331 e. The summed E-state index contributed by atoms with van der Waals surface area (Å²) in [6.45, 7) is 2.10. The van der Waals surface area contributed by atoms with Gasteiger partial charge in [0.2, 0.25) is 11.8 Å². The Morgan fingerprint density at radius 3 is 2.65 bits per heavy atom. The van der Waals surface area contributed by atoms with Crippen molar-refractivity contribution < 1.29 is 14.4 Å². The number of urea groups is 1. The standard InChI is InChI=1S/C12H16N2O3/c1-2-3-7-6-8(7)14-10(16)12(4-5-12)9(15)13-11(14)17/h7-8H,2-6H2,1H3,(H,13,15,17). The Hall–Kier alpha value is -1.39. The van der Waals surface area contributed by atoms with Crippen LogP contribution in [0.4, 0.5) is 4.79 Å². The number of amides is 4. The maximum absolute atomic E-state index is 12.2. The van der Waals surface area contributed by atoms with E-state index in [9.17, 15) is 14.4 Å². The van der Waals surface area contributed by atoms with E-state index < -0.39 is 17.4 Å². The quantitative estimate of drug-likeness (QED) is 0.744. The van der Waals surface area contributed by atoms with Gasteiger partial charge in [0.1, 0.15) is 5.41 Å². The third-order valence-corrected chi connectivity index (χ3v) is 4.13. The molecule has 1 aliphatic heterocycles. The summed E-state index contributed by atoms with van der Waals surface area (Å²) in [5.41, 5.74) is -0.882. The molecule has 2 saturated carbocycles. The third kappa shape index (κ3) is 1.41. The van der Waals surface area contributed by atoms with E-state index in [4.69, 9.17) is 0 Å². The zero-order chi connectivity index (χ0) is 12.2. The summed E-state index contributed by atoms with van der Waals surface area (Å²) >= 11 is 0. The van der Waals surface area contributed by atoms with E-state index in [0.29, 0.717) is 18.8 Å². The van der Waals surface area contributed by atoms with E-state index in [1.165, 1.54) is 4.90 Å². The summed E-state index contributed by atoms with van der Waals surface area (Å²) in [5.74, 6) is -0.204. The number of hydrogen-bond acceptors (Lipinski definition) is 3. The van der Waals surface area contributed by atoms with E-state index in [1.54, 1.807) is 0 Å². The number of carbonyl (C=O) groups excluding carboxylic acids is 3. The van der Waals surface area contributed by atoms with E-state index in [-0.39, 0.29) is 11.9 Å². The number of nitrogens with one attached hydrogen (secondary N) is 1. The number of hydrogen-bond donors (Lipinski definition) is 1. The lowest BCUT2D eigenvalue weighted by molar-refractivity contribution is -0.145. The SMILES string of the molecule is CCCC1CC1N1C(=O)NC(=O)C2(CC2)C1=O. The molecule has 0 aromatic carbocycles. The normalized spacial score (nSPS) is 33.9. The minimum atomic E-state index is -0.882. The van der Waals surface area contributed by atoms with Crippen molar-refractivity contribution in [3.63, 3.8) is 0 Å². The molecule has 0 aromatic heterocycles. The molecular weight excluding hydrogens is 220 g/mol. The summed E-state index contributed by atoms with van der Waals surface area (Å²) in [6.07, 6.45) is 4.19. The Kier molecular flexibility index (Phi) is 2.09. The zero-order valence-electron chi connectivity index (χ0n) is 9.86. The van der Waals surface area contributed by atoms with Gasteiger partial charge in [-0.3, -0.25) is 19.8 Å². The molecule has 0 radical (unpaired) electrons. The van der Waals surface area contributed by atoms with E-state index in [0.717, 1.165) is 19.3 Å². The van der Waals surface area contributed by atoms with Crippen LogP contribution in [0.5, 0.6) is 0 Å². The van der Waals surface area contributed by atoms with Gasteiger partial charge in [0, 0.05) is 6.04 Å². The molecule has 92 valence electrons. The van der Waals surface area contributed by atoms with Crippen molar-refractivity contribution in [2.24, 2.45) is 11.3 Å². The minimum absolute atomic E-state index is 0.0352. The van der Waals surface area contributed by atoms with Crippen LogP contribution in [0, 0.1) is 11.3 Å². The van der Waals surface area contributed by atoms with Crippen molar-refractivity contribution in [3.8, 4) is 0 Å². The minimum Gasteiger partial charge on any atom is -0.277 e. The summed E-state index contributed by atoms with van der Waals surface area (Å²) < 4.78 is 0. The van der Waals surface area contributed by atoms with Gasteiger partial charge in [-0.15, -0.1) is 0 Å². The summed E-state index contributed by atoms with van der Waals surface area (Å²) in [5, 5.41) is 2.32. The smallest absolute Gasteiger partial charge is 0.277 e. The molecule has 5 heteroatoms. The van der Waals surface area contributed by atoms with E-state index in [1.807, 2.05) is 0 Å². The molecule has 1 heterocycles. The van der Waals surface area contributed by atoms with Crippen LogP contribution in [0.2, 0.25) is 0 Å². The third-order valence-electron chi connectivity index (χ3n) is 4.13. The van der Waals surface area contributed by atoms with Crippen LogP contribution in [-0.4, -0.2) is 28.8 Å². The number of imide groups is 2. The number of barbiturate groups is 1. The van der Waals surface area contributed by atoms with Crippen LogP contribution < -0.4 is 5.32 Å². The molecule has 0 bridgehead atoms. The fraction of sp³-hybridized carbons (Fsp3) is 0.750. The molecule has 5 nitrogen and oxygen atoms in total.